The Bertz CT molecular complexity index is 1320. The summed E-state index contributed by atoms with van der Waals surface area (Å²) in [7, 11) is 0. The Balaban J connectivity index is 1.33. The highest BCUT2D eigenvalue weighted by atomic mass is 16.8. The first-order valence-corrected chi connectivity index (χ1v) is 18.6. The largest absolute Gasteiger partial charge is 0.394 e. The molecule has 0 aromatic carbocycles. The van der Waals surface area contributed by atoms with Gasteiger partial charge >= 0.3 is 0 Å². The molecule has 0 saturated carbocycles. The van der Waals surface area contributed by atoms with Gasteiger partial charge in [0.25, 0.3) is 0 Å². The molecule has 0 aliphatic carbocycles. The van der Waals surface area contributed by atoms with Crippen LogP contribution in [0.25, 0.3) is 0 Å². The van der Waals surface area contributed by atoms with E-state index in [1.54, 1.807) is 0 Å². The molecule has 1 amide bonds. The minimum Gasteiger partial charge on any atom is -0.394 e. The van der Waals surface area contributed by atoms with Gasteiger partial charge in [-0.2, -0.15) is 0 Å². The monoisotopic (exact) mass is 869 g/mol. The molecule has 0 unspecified atom stereocenters. The molecule has 5 fully saturated rings. The molecule has 0 spiro atoms. The van der Waals surface area contributed by atoms with Crippen LogP contribution in [-0.4, -0.2) is 274 Å². The maximum absolute atomic E-state index is 11.7. The first-order valence-electron chi connectivity index (χ1n) is 18.6. The zero-order valence-corrected chi connectivity index (χ0v) is 31.2. The lowest BCUT2D eigenvalue weighted by Crippen LogP contribution is -2.67. The number of hydrogen-bond donors (Lipinski definition) is 17. The quantitative estimate of drug-likeness (QED) is 0.0770. The topological polar surface area (TPSA) is 436 Å². The van der Waals surface area contributed by atoms with Gasteiger partial charge in [0.05, 0.1) is 33.0 Å². The Kier molecular flexibility index (Phi) is 17.1. The van der Waals surface area contributed by atoms with Crippen LogP contribution in [0.5, 0.6) is 0 Å². The summed E-state index contributed by atoms with van der Waals surface area (Å²) in [6, 6.07) is -1.49. The predicted molar refractivity (Wildman–Crippen MR) is 178 cm³/mol. The zero-order chi connectivity index (χ0) is 43.6. The number of aliphatic hydroxyl groups excluding tert-OH is 16. The summed E-state index contributed by atoms with van der Waals surface area (Å²) in [4.78, 5) is 11.7. The van der Waals surface area contributed by atoms with Gasteiger partial charge in [-0.1, -0.05) is 0 Å². The number of carbonyl (C=O) groups excluding carboxylic acids is 1. The third kappa shape index (κ3) is 10.5. The van der Waals surface area contributed by atoms with E-state index < -0.39 is 192 Å². The molecule has 5 rings (SSSR count). The van der Waals surface area contributed by atoms with Crippen LogP contribution in [0.3, 0.4) is 0 Å². The molecule has 0 radical (unpaired) electrons. The molecule has 0 aromatic rings. The molecule has 5 heterocycles. The van der Waals surface area contributed by atoms with Gasteiger partial charge < -0.3 is 130 Å². The second-order valence-corrected chi connectivity index (χ2v) is 14.8. The summed E-state index contributed by atoms with van der Waals surface area (Å²) in [6.45, 7) is -3.10. The fraction of sp³-hybridized carbons (Fsp3) is 0.969. The minimum absolute atomic E-state index is 0.689. The third-order valence-electron chi connectivity index (χ3n) is 10.7. The van der Waals surface area contributed by atoms with Crippen molar-refractivity contribution >= 4 is 5.91 Å². The molecule has 59 heavy (non-hydrogen) atoms. The lowest BCUT2D eigenvalue weighted by atomic mass is 9.95. The van der Waals surface area contributed by atoms with E-state index in [4.69, 9.17) is 42.6 Å². The van der Waals surface area contributed by atoms with Crippen molar-refractivity contribution in [2.75, 3.05) is 33.0 Å². The molecule has 5 aliphatic rings. The van der Waals surface area contributed by atoms with Crippen molar-refractivity contribution in [3.05, 3.63) is 0 Å². The van der Waals surface area contributed by atoms with E-state index >= 15 is 0 Å². The van der Waals surface area contributed by atoms with Gasteiger partial charge in [0.1, 0.15) is 122 Å². The van der Waals surface area contributed by atoms with Gasteiger partial charge in [-0.3, -0.25) is 4.79 Å². The molecular formula is C32H55NO26. The second kappa shape index (κ2) is 20.8. The van der Waals surface area contributed by atoms with Crippen molar-refractivity contribution < 1.29 is 129 Å². The summed E-state index contributed by atoms with van der Waals surface area (Å²) < 4.78 is 49.7. The van der Waals surface area contributed by atoms with Crippen LogP contribution in [0.2, 0.25) is 0 Å². The SMILES string of the molecule is CC(=O)N[C@@H]1[C@@H](O)[C@H](O[C@@H]2O[C@H](CO[C@H]3O[C@H](CO[C@H]4O[C@H](CO)[C@@H](O)[C@H](O)[C@@H]4O)[C@@H](O)[C@H](O[C@H]4O[C@H](CO)[C@@H](O)[C@H](O)[C@@H]4O)[C@@H]3O)[C@@H](O)[C@H](O)[C@@H]2O)[C@@H](CO)O[C@H]1O. The van der Waals surface area contributed by atoms with E-state index in [1.807, 2.05) is 0 Å². The van der Waals surface area contributed by atoms with E-state index in [1.165, 1.54) is 0 Å². The average molecular weight is 870 g/mol. The summed E-state index contributed by atoms with van der Waals surface area (Å²) in [5.41, 5.74) is 0. The van der Waals surface area contributed by atoms with E-state index in [2.05, 4.69) is 5.32 Å². The second-order valence-electron chi connectivity index (χ2n) is 14.8. The standard InChI is InChI=1S/C32H55NO26/c1-7(37)33-13-18(42)26(10(4-36)53-28(13)50)58-32-24(48)21(45)16(40)11(57-32)5-52-30-25(49)27(59-31-23(47)20(44)15(39)9(3-35)55-31)17(41)12(56-30)6-51-29-22(46)19(43)14(38)8(2-34)54-29/h8-32,34-36,38-50H,2-6H2,1H3,(H,33,37)/t8-,9-,10-,11-,12-,13-,14-,15-,16-,17-,18-,19+,20+,21+,22+,23+,24+,25+,26-,27+,28-,29+,30+,31-,32+/m1/s1. The maximum atomic E-state index is 11.7. The van der Waals surface area contributed by atoms with Crippen LogP contribution in [0.1, 0.15) is 6.92 Å². The lowest BCUT2D eigenvalue weighted by molar-refractivity contribution is -0.374. The van der Waals surface area contributed by atoms with Crippen LogP contribution >= 0.6 is 0 Å². The third-order valence-corrected chi connectivity index (χ3v) is 10.7. The van der Waals surface area contributed by atoms with Gasteiger partial charge in [-0.05, 0) is 0 Å². The van der Waals surface area contributed by atoms with Crippen LogP contribution in [-0.2, 0) is 47.4 Å². The van der Waals surface area contributed by atoms with Crippen LogP contribution in [0, 0.1) is 0 Å². The summed E-state index contributed by atoms with van der Waals surface area (Å²) in [5, 5.41) is 169. The van der Waals surface area contributed by atoms with Gasteiger partial charge in [-0.15, -0.1) is 0 Å². The van der Waals surface area contributed by atoms with Crippen molar-refractivity contribution in [1.29, 1.82) is 0 Å². The number of hydrogen-bond acceptors (Lipinski definition) is 26. The molecule has 5 aliphatic heterocycles. The molecule has 0 bridgehead atoms. The molecule has 27 heteroatoms. The number of aliphatic hydroxyl groups is 16. The summed E-state index contributed by atoms with van der Waals surface area (Å²) in [5.74, 6) is -0.689. The van der Waals surface area contributed by atoms with Crippen LogP contribution < -0.4 is 5.32 Å². The first kappa shape index (κ1) is 48.5. The highest BCUT2D eigenvalue weighted by molar-refractivity contribution is 5.73. The minimum atomic E-state index is -2.08. The molecule has 344 valence electrons. The summed E-state index contributed by atoms with van der Waals surface area (Å²) >= 11 is 0. The Labute approximate surface area is 333 Å². The zero-order valence-electron chi connectivity index (χ0n) is 31.2. The molecule has 0 aromatic heterocycles. The van der Waals surface area contributed by atoms with E-state index in [-0.39, 0.29) is 0 Å². The fourth-order valence-corrected chi connectivity index (χ4v) is 7.22. The van der Waals surface area contributed by atoms with Crippen molar-refractivity contribution in [3.63, 3.8) is 0 Å². The molecular weight excluding hydrogens is 814 g/mol. The summed E-state index contributed by atoms with van der Waals surface area (Å²) in [6.07, 6.45) is -43.8. The molecule has 17 N–H and O–H groups in total. The Morgan fingerprint density at radius 1 is 0.441 bits per heavy atom. The van der Waals surface area contributed by atoms with Crippen molar-refractivity contribution in [1.82, 2.24) is 5.32 Å². The first-order chi connectivity index (χ1) is 27.8. The van der Waals surface area contributed by atoms with Crippen molar-refractivity contribution in [2.24, 2.45) is 0 Å². The number of ether oxygens (including phenoxy) is 9. The molecule has 5 saturated heterocycles. The highest BCUT2D eigenvalue weighted by Gasteiger charge is 2.54. The number of amides is 1. The smallest absolute Gasteiger partial charge is 0.217 e. The predicted octanol–water partition coefficient (Wildman–Crippen LogP) is -11.8. The molecule has 25 atom stereocenters. The molecule has 27 nitrogen and oxygen atoms in total. The average Bonchev–Trinajstić information content (AvgIpc) is 3.21. The van der Waals surface area contributed by atoms with Gasteiger partial charge in [0.15, 0.2) is 31.5 Å². The highest BCUT2D eigenvalue weighted by Crippen LogP contribution is 2.33. The fourth-order valence-electron chi connectivity index (χ4n) is 7.22. The normalized spacial score (nSPS) is 51.0. The van der Waals surface area contributed by atoms with E-state index in [0.29, 0.717) is 0 Å². The van der Waals surface area contributed by atoms with Crippen molar-refractivity contribution in [3.8, 4) is 0 Å². The number of nitrogens with one attached hydrogen (secondary N) is 1. The Morgan fingerprint density at radius 3 is 1.32 bits per heavy atom. The van der Waals surface area contributed by atoms with E-state index in [9.17, 15) is 86.5 Å². The van der Waals surface area contributed by atoms with Gasteiger partial charge in [0.2, 0.25) is 5.91 Å². The van der Waals surface area contributed by atoms with Gasteiger partial charge in [0, 0.05) is 6.92 Å². The maximum Gasteiger partial charge on any atom is 0.217 e. The van der Waals surface area contributed by atoms with Crippen LogP contribution in [0.15, 0.2) is 0 Å². The van der Waals surface area contributed by atoms with Gasteiger partial charge in [-0.25, -0.2) is 0 Å². The number of rotatable bonds is 14. The Morgan fingerprint density at radius 2 is 0.831 bits per heavy atom. The van der Waals surface area contributed by atoms with Crippen molar-refractivity contribution in [2.45, 2.75) is 160 Å². The lowest BCUT2D eigenvalue weighted by Gasteiger charge is -2.47. The van der Waals surface area contributed by atoms with E-state index in [0.717, 1.165) is 6.92 Å². The Hall–Kier alpha value is -1.53. The number of carbonyl (C=O) groups is 1. The van der Waals surface area contributed by atoms with Crippen LogP contribution in [0.4, 0.5) is 0 Å².